The topological polar surface area (TPSA) is 24.4 Å². The number of aryl methyl sites for hydroxylation is 1. The number of rotatable bonds is 3. The van der Waals surface area contributed by atoms with Crippen molar-refractivity contribution in [2.24, 2.45) is 4.99 Å². The molecule has 80 valence electrons. The molecule has 0 saturated carbocycles. The van der Waals surface area contributed by atoms with Gasteiger partial charge in [0.1, 0.15) is 5.84 Å². The zero-order valence-electron chi connectivity index (χ0n) is 9.46. The van der Waals surface area contributed by atoms with Crippen molar-refractivity contribution in [3.8, 4) is 0 Å². The molecular formula is C13H18N2. The van der Waals surface area contributed by atoms with Gasteiger partial charge < -0.3 is 5.32 Å². The van der Waals surface area contributed by atoms with E-state index in [1.165, 1.54) is 17.0 Å². The molecule has 2 rings (SSSR count). The van der Waals surface area contributed by atoms with Crippen molar-refractivity contribution >= 4 is 5.84 Å². The van der Waals surface area contributed by atoms with E-state index >= 15 is 0 Å². The van der Waals surface area contributed by atoms with Gasteiger partial charge in [-0.3, -0.25) is 4.99 Å². The largest absolute Gasteiger partial charge is 0.371 e. The molecular weight excluding hydrogens is 184 g/mol. The molecule has 1 unspecified atom stereocenters. The summed E-state index contributed by atoms with van der Waals surface area (Å²) in [5, 5.41) is 3.37. The molecule has 0 aromatic heterocycles. The maximum absolute atomic E-state index is 4.51. The Balaban J connectivity index is 2.22. The van der Waals surface area contributed by atoms with Gasteiger partial charge in [0.2, 0.25) is 0 Å². The summed E-state index contributed by atoms with van der Waals surface area (Å²) in [6, 6.07) is 8.78. The Kier molecular flexibility index (Phi) is 3.05. The van der Waals surface area contributed by atoms with Gasteiger partial charge in [0.25, 0.3) is 0 Å². The van der Waals surface area contributed by atoms with Gasteiger partial charge in [-0.2, -0.15) is 0 Å². The van der Waals surface area contributed by atoms with Crippen LogP contribution >= 0.6 is 0 Å². The number of hydrogen-bond donors (Lipinski definition) is 1. The van der Waals surface area contributed by atoms with E-state index in [4.69, 9.17) is 0 Å². The molecule has 0 amide bonds. The molecule has 15 heavy (non-hydrogen) atoms. The summed E-state index contributed by atoms with van der Waals surface area (Å²) in [4.78, 5) is 4.51. The van der Waals surface area contributed by atoms with Gasteiger partial charge in [0, 0.05) is 12.5 Å². The van der Waals surface area contributed by atoms with Crippen LogP contribution in [-0.4, -0.2) is 18.9 Å². The van der Waals surface area contributed by atoms with E-state index in [1.54, 1.807) is 0 Å². The van der Waals surface area contributed by atoms with E-state index in [1.807, 2.05) is 0 Å². The molecule has 1 heterocycles. The molecule has 1 aromatic rings. The van der Waals surface area contributed by atoms with Crippen molar-refractivity contribution in [3.05, 3.63) is 35.4 Å². The lowest BCUT2D eigenvalue weighted by molar-refractivity contribution is 0.814. The highest BCUT2D eigenvalue weighted by atomic mass is 15.1. The van der Waals surface area contributed by atoms with Crippen molar-refractivity contribution in [3.63, 3.8) is 0 Å². The van der Waals surface area contributed by atoms with Gasteiger partial charge in [0.05, 0.1) is 6.54 Å². The number of hydrogen-bond acceptors (Lipinski definition) is 2. The second kappa shape index (κ2) is 4.47. The van der Waals surface area contributed by atoms with E-state index in [2.05, 4.69) is 48.4 Å². The Labute approximate surface area is 91.4 Å². The van der Waals surface area contributed by atoms with Gasteiger partial charge in [-0.15, -0.1) is 0 Å². The van der Waals surface area contributed by atoms with Crippen molar-refractivity contribution in [1.82, 2.24) is 5.32 Å². The molecule has 2 heteroatoms. The fourth-order valence-electron chi connectivity index (χ4n) is 2.04. The molecule has 0 fully saturated rings. The highest BCUT2D eigenvalue weighted by molar-refractivity contribution is 5.90. The van der Waals surface area contributed by atoms with Crippen LogP contribution < -0.4 is 5.32 Å². The minimum Gasteiger partial charge on any atom is -0.371 e. The summed E-state index contributed by atoms with van der Waals surface area (Å²) < 4.78 is 0. The zero-order chi connectivity index (χ0) is 10.7. The number of amidine groups is 1. The zero-order valence-corrected chi connectivity index (χ0v) is 9.46. The highest BCUT2D eigenvalue weighted by Crippen LogP contribution is 2.21. The SMILES string of the molecule is CCC(C1=NCCN1)c1ccc(C)cc1. The van der Waals surface area contributed by atoms with Crippen LogP contribution in [0.15, 0.2) is 29.3 Å². The van der Waals surface area contributed by atoms with Gasteiger partial charge >= 0.3 is 0 Å². The minimum atomic E-state index is 0.452. The maximum atomic E-state index is 4.51. The second-order valence-electron chi connectivity index (χ2n) is 4.07. The van der Waals surface area contributed by atoms with Crippen molar-refractivity contribution in [1.29, 1.82) is 0 Å². The first-order valence-corrected chi connectivity index (χ1v) is 5.66. The molecule has 0 saturated heterocycles. The third-order valence-corrected chi connectivity index (χ3v) is 2.92. The Morgan fingerprint density at radius 3 is 2.60 bits per heavy atom. The molecule has 1 aromatic carbocycles. The van der Waals surface area contributed by atoms with Gasteiger partial charge in [-0.25, -0.2) is 0 Å². The monoisotopic (exact) mass is 202 g/mol. The normalized spacial score (nSPS) is 17.1. The molecule has 0 spiro atoms. The second-order valence-corrected chi connectivity index (χ2v) is 4.07. The fourth-order valence-corrected chi connectivity index (χ4v) is 2.04. The molecule has 0 radical (unpaired) electrons. The Morgan fingerprint density at radius 2 is 2.07 bits per heavy atom. The summed E-state index contributed by atoms with van der Waals surface area (Å²) >= 11 is 0. The van der Waals surface area contributed by atoms with Crippen LogP contribution in [0.5, 0.6) is 0 Å². The standard InChI is InChI=1S/C13H18N2/c1-3-12(13-14-8-9-15-13)11-6-4-10(2)5-7-11/h4-7,12H,3,8-9H2,1-2H3,(H,14,15). The molecule has 0 aliphatic carbocycles. The van der Waals surface area contributed by atoms with Crippen molar-refractivity contribution in [2.45, 2.75) is 26.2 Å². The van der Waals surface area contributed by atoms with Crippen LogP contribution in [0.25, 0.3) is 0 Å². The third kappa shape index (κ3) is 2.20. The van der Waals surface area contributed by atoms with Crippen LogP contribution in [0.3, 0.4) is 0 Å². The summed E-state index contributed by atoms with van der Waals surface area (Å²) in [6.45, 7) is 6.26. The quantitative estimate of drug-likeness (QED) is 0.800. The van der Waals surface area contributed by atoms with E-state index < -0.39 is 0 Å². The first kappa shape index (κ1) is 10.2. The van der Waals surface area contributed by atoms with E-state index in [-0.39, 0.29) is 0 Å². The average molecular weight is 202 g/mol. The Bertz CT molecular complexity index is 351. The van der Waals surface area contributed by atoms with Crippen LogP contribution in [0.1, 0.15) is 30.4 Å². The lowest BCUT2D eigenvalue weighted by atomic mass is 9.94. The van der Waals surface area contributed by atoms with Gasteiger partial charge in [-0.1, -0.05) is 36.8 Å². The Morgan fingerprint density at radius 1 is 1.33 bits per heavy atom. The summed E-state index contributed by atoms with van der Waals surface area (Å²) in [5.74, 6) is 1.62. The molecule has 2 nitrogen and oxygen atoms in total. The Hall–Kier alpha value is -1.31. The molecule has 1 atom stereocenters. The smallest absolute Gasteiger partial charge is 0.104 e. The van der Waals surface area contributed by atoms with Gasteiger partial charge in [-0.05, 0) is 18.9 Å². The number of benzene rings is 1. The van der Waals surface area contributed by atoms with Crippen LogP contribution in [0.2, 0.25) is 0 Å². The molecule has 1 N–H and O–H groups in total. The predicted octanol–water partition coefficient (Wildman–Crippen LogP) is 2.49. The lowest BCUT2D eigenvalue weighted by Gasteiger charge is -2.16. The highest BCUT2D eigenvalue weighted by Gasteiger charge is 2.18. The van der Waals surface area contributed by atoms with E-state index in [9.17, 15) is 0 Å². The molecule has 1 aliphatic heterocycles. The average Bonchev–Trinajstić information content (AvgIpc) is 2.75. The lowest BCUT2D eigenvalue weighted by Crippen LogP contribution is -2.25. The number of nitrogens with one attached hydrogen (secondary N) is 1. The van der Waals surface area contributed by atoms with Crippen molar-refractivity contribution < 1.29 is 0 Å². The van der Waals surface area contributed by atoms with Gasteiger partial charge in [0.15, 0.2) is 0 Å². The maximum Gasteiger partial charge on any atom is 0.104 e. The number of nitrogens with zero attached hydrogens (tertiary/aromatic N) is 1. The fraction of sp³-hybridized carbons (Fsp3) is 0.462. The van der Waals surface area contributed by atoms with E-state index in [0.717, 1.165) is 19.5 Å². The van der Waals surface area contributed by atoms with Crippen molar-refractivity contribution in [2.75, 3.05) is 13.1 Å². The van der Waals surface area contributed by atoms with E-state index in [0.29, 0.717) is 5.92 Å². The minimum absolute atomic E-state index is 0.452. The molecule has 1 aliphatic rings. The third-order valence-electron chi connectivity index (χ3n) is 2.92. The predicted molar refractivity (Wildman–Crippen MR) is 64.5 cm³/mol. The number of aliphatic imine (C=N–C) groups is 1. The summed E-state index contributed by atoms with van der Waals surface area (Å²) in [7, 11) is 0. The summed E-state index contributed by atoms with van der Waals surface area (Å²) in [5.41, 5.74) is 2.69. The summed E-state index contributed by atoms with van der Waals surface area (Å²) in [6.07, 6.45) is 1.11. The molecule has 0 bridgehead atoms. The first-order valence-electron chi connectivity index (χ1n) is 5.66. The van der Waals surface area contributed by atoms with Crippen LogP contribution in [-0.2, 0) is 0 Å². The van der Waals surface area contributed by atoms with Crippen LogP contribution in [0, 0.1) is 6.92 Å². The first-order chi connectivity index (χ1) is 7.31. The van der Waals surface area contributed by atoms with Crippen LogP contribution in [0.4, 0.5) is 0 Å².